The van der Waals surface area contributed by atoms with Crippen LogP contribution in [0.2, 0.25) is 0 Å². The standard InChI is InChI=1S/C16H15ClF2N2O3/c17-13(7-18)20-9-14(23)21(8-10-1-3-11(19)4-2-10)16(15(20)24)5-12(22)6-16/h1-4,7,12,22H,5-6,8-9H2/b13-7+. The molecule has 24 heavy (non-hydrogen) atoms. The van der Waals surface area contributed by atoms with Crippen molar-refractivity contribution in [3.05, 3.63) is 47.1 Å². The number of hydrogen-bond acceptors (Lipinski definition) is 3. The summed E-state index contributed by atoms with van der Waals surface area (Å²) in [5, 5.41) is 9.23. The number of piperazine rings is 1. The van der Waals surface area contributed by atoms with Gasteiger partial charge in [-0.1, -0.05) is 23.7 Å². The van der Waals surface area contributed by atoms with E-state index in [9.17, 15) is 23.5 Å². The molecule has 3 rings (SSSR count). The highest BCUT2D eigenvalue weighted by Gasteiger charge is 2.60. The van der Waals surface area contributed by atoms with Gasteiger partial charge in [0.15, 0.2) is 0 Å². The highest BCUT2D eigenvalue weighted by atomic mass is 35.5. The third kappa shape index (κ3) is 2.67. The Balaban J connectivity index is 1.92. The van der Waals surface area contributed by atoms with Crippen molar-refractivity contribution < 1.29 is 23.5 Å². The number of amides is 2. The summed E-state index contributed by atoms with van der Waals surface area (Å²) in [7, 11) is 0. The molecule has 1 aliphatic carbocycles. The van der Waals surface area contributed by atoms with Gasteiger partial charge in [0.05, 0.1) is 6.10 Å². The van der Waals surface area contributed by atoms with Crippen molar-refractivity contribution in [2.24, 2.45) is 0 Å². The first-order valence-electron chi connectivity index (χ1n) is 7.38. The quantitative estimate of drug-likeness (QED) is 0.841. The van der Waals surface area contributed by atoms with Gasteiger partial charge in [-0.2, -0.15) is 0 Å². The molecule has 1 aliphatic heterocycles. The molecule has 0 atom stereocenters. The second-order valence-corrected chi connectivity index (χ2v) is 6.41. The van der Waals surface area contributed by atoms with E-state index in [2.05, 4.69) is 0 Å². The lowest BCUT2D eigenvalue weighted by Crippen LogP contribution is -2.73. The van der Waals surface area contributed by atoms with E-state index >= 15 is 0 Å². The largest absolute Gasteiger partial charge is 0.393 e. The summed E-state index contributed by atoms with van der Waals surface area (Å²) < 4.78 is 25.7. The number of carbonyl (C=O) groups is 2. The zero-order valence-corrected chi connectivity index (χ0v) is 13.3. The van der Waals surface area contributed by atoms with Crippen LogP contribution in [0.3, 0.4) is 0 Å². The third-order valence-electron chi connectivity index (χ3n) is 4.50. The average Bonchev–Trinajstić information content (AvgIpc) is 2.54. The maximum Gasteiger partial charge on any atom is 0.254 e. The van der Waals surface area contributed by atoms with Crippen LogP contribution < -0.4 is 0 Å². The molecule has 1 spiro atoms. The summed E-state index contributed by atoms with van der Waals surface area (Å²) in [6, 6.07) is 5.58. The van der Waals surface area contributed by atoms with Crippen molar-refractivity contribution in [1.29, 1.82) is 0 Å². The molecular weight excluding hydrogens is 342 g/mol. The van der Waals surface area contributed by atoms with Gasteiger partial charge in [-0.15, -0.1) is 0 Å². The number of aliphatic hydroxyl groups is 1. The van der Waals surface area contributed by atoms with Crippen LogP contribution in [0.15, 0.2) is 35.8 Å². The summed E-state index contributed by atoms with van der Waals surface area (Å²) in [6.45, 7) is -0.278. The lowest BCUT2D eigenvalue weighted by Gasteiger charge is -2.55. The molecular formula is C16H15ClF2N2O3. The Morgan fingerprint density at radius 2 is 1.96 bits per heavy atom. The minimum atomic E-state index is -1.24. The van der Waals surface area contributed by atoms with E-state index in [4.69, 9.17) is 11.6 Å². The second-order valence-electron chi connectivity index (χ2n) is 6.02. The van der Waals surface area contributed by atoms with Crippen LogP contribution in [0.1, 0.15) is 18.4 Å². The van der Waals surface area contributed by atoms with Crippen molar-refractivity contribution in [2.75, 3.05) is 6.54 Å². The summed E-state index contributed by atoms with van der Waals surface area (Å²) in [5.74, 6) is -1.33. The maximum absolute atomic E-state index is 13.0. The van der Waals surface area contributed by atoms with Crippen molar-refractivity contribution in [3.8, 4) is 0 Å². The minimum absolute atomic E-state index is 0.0607. The van der Waals surface area contributed by atoms with Gasteiger partial charge in [-0.25, -0.2) is 8.78 Å². The predicted octanol–water partition coefficient (Wildman–Crippen LogP) is 1.90. The maximum atomic E-state index is 13.0. The van der Waals surface area contributed by atoms with Crippen molar-refractivity contribution in [2.45, 2.75) is 31.0 Å². The van der Waals surface area contributed by atoms with E-state index in [1.54, 1.807) is 0 Å². The molecule has 1 N–H and O–H groups in total. The molecule has 1 saturated carbocycles. The summed E-state index contributed by atoms with van der Waals surface area (Å²) in [6.07, 6.45) is -0.534. The van der Waals surface area contributed by atoms with Gasteiger partial charge in [-0.3, -0.25) is 14.5 Å². The number of hydrogen-bond donors (Lipinski definition) is 1. The molecule has 0 bridgehead atoms. The molecule has 2 fully saturated rings. The first-order chi connectivity index (χ1) is 11.4. The number of rotatable bonds is 3. The first kappa shape index (κ1) is 16.9. The smallest absolute Gasteiger partial charge is 0.254 e. The molecule has 1 aromatic carbocycles. The normalized spacial score (nSPS) is 27.7. The third-order valence-corrected chi connectivity index (χ3v) is 4.79. The fraction of sp³-hybridized carbons (Fsp3) is 0.375. The predicted molar refractivity (Wildman–Crippen MR) is 81.7 cm³/mol. The van der Waals surface area contributed by atoms with Gasteiger partial charge in [0.2, 0.25) is 5.91 Å². The van der Waals surface area contributed by atoms with Crippen LogP contribution in [-0.2, 0) is 16.1 Å². The fourth-order valence-electron chi connectivity index (χ4n) is 3.26. The van der Waals surface area contributed by atoms with E-state index in [-0.39, 0.29) is 32.3 Å². The summed E-state index contributed by atoms with van der Waals surface area (Å²) in [4.78, 5) is 27.5. The number of nitrogens with zero attached hydrogens (tertiary/aromatic N) is 2. The lowest BCUT2D eigenvalue weighted by molar-refractivity contribution is -0.179. The molecule has 2 amide bonds. The van der Waals surface area contributed by atoms with Crippen LogP contribution in [0.25, 0.3) is 0 Å². The first-order valence-corrected chi connectivity index (χ1v) is 7.76. The average molecular weight is 357 g/mol. The number of halogens is 3. The Morgan fingerprint density at radius 3 is 2.50 bits per heavy atom. The molecule has 0 radical (unpaired) electrons. The molecule has 128 valence electrons. The Labute approximate surface area is 142 Å². The van der Waals surface area contributed by atoms with Gasteiger partial charge < -0.3 is 10.0 Å². The summed E-state index contributed by atoms with van der Waals surface area (Å²) in [5.41, 5.74) is -0.592. The van der Waals surface area contributed by atoms with E-state index < -0.39 is 34.4 Å². The van der Waals surface area contributed by atoms with E-state index in [1.807, 2.05) is 0 Å². The molecule has 0 unspecified atom stereocenters. The Morgan fingerprint density at radius 1 is 1.33 bits per heavy atom. The Bertz CT molecular complexity index is 702. The van der Waals surface area contributed by atoms with Crippen molar-refractivity contribution >= 4 is 23.4 Å². The zero-order valence-electron chi connectivity index (χ0n) is 12.6. The van der Waals surface area contributed by atoms with Gasteiger partial charge in [0, 0.05) is 19.4 Å². The monoisotopic (exact) mass is 356 g/mol. The number of carbonyl (C=O) groups excluding carboxylic acids is 2. The summed E-state index contributed by atoms with van der Waals surface area (Å²) >= 11 is 5.69. The van der Waals surface area contributed by atoms with Crippen molar-refractivity contribution in [3.63, 3.8) is 0 Å². The van der Waals surface area contributed by atoms with E-state index in [0.29, 0.717) is 5.56 Å². The molecule has 1 saturated heterocycles. The van der Waals surface area contributed by atoms with Crippen LogP contribution in [-0.4, -0.2) is 44.9 Å². The highest BCUT2D eigenvalue weighted by Crippen LogP contribution is 2.43. The highest BCUT2D eigenvalue weighted by molar-refractivity contribution is 6.30. The second kappa shape index (κ2) is 6.14. The SMILES string of the molecule is O=C1CN(/C(Cl)=C/F)C(=O)C2(CC(O)C2)N1Cc1ccc(F)cc1. The molecule has 2 aliphatic rings. The lowest BCUT2D eigenvalue weighted by atomic mass is 9.70. The molecule has 8 heteroatoms. The number of aliphatic hydroxyl groups excluding tert-OH is 1. The van der Waals surface area contributed by atoms with Crippen LogP contribution >= 0.6 is 11.6 Å². The Hall–Kier alpha value is -1.99. The van der Waals surface area contributed by atoms with Crippen molar-refractivity contribution in [1.82, 2.24) is 9.80 Å². The topological polar surface area (TPSA) is 60.9 Å². The van der Waals surface area contributed by atoms with Gasteiger partial charge >= 0.3 is 0 Å². The number of benzene rings is 1. The minimum Gasteiger partial charge on any atom is -0.393 e. The molecule has 0 aromatic heterocycles. The van der Waals surface area contributed by atoms with E-state index in [1.165, 1.54) is 29.2 Å². The zero-order chi connectivity index (χ0) is 17.5. The van der Waals surface area contributed by atoms with Crippen LogP contribution in [0.4, 0.5) is 8.78 Å². The molecule has 1 aromatic rings. The van der Waals surface area contributed by atoms with Crippen LogP contribution in [0, 0.1) is 5.82 Å². The van der Waals surface area contributed by atoms with E-state index in [0.717, 1.165) is 4.90 Å². The molecule has 5 nitrogen and oxygen atoms in total. The molecule has 1 heterocycles. The van der Waals surface area contributed by atoms with Gasteiger partial charge in [-0.05, 0) is 17.7 Å². The van der Waals surface area contributed by atoms with Gasteiger partial charge in [0.1, 0.15) is 29.4 Å². The Kier molecular flexibility index (Phi) is 4.31. The fourth-order valence-corrected chi connectivity index (χ4v) is 3.39. The van der Waals surface area contributed by atoms with Gasteiger partial charge in [0.25, 0.3) is 5.91 Å². The van der Waals surface area contributed by atoms with Crippen LogP contribution in [0.5, 0.6) is 0 Å².